The summed E-state index contributed by atoms with van der Waals surface area (Å²) >= 11 is 0. The van der Waals surface area contributed by atoms with Gasteiger partial charge < -0.3 is 14.8 Å². The van der Waals surface area contributed by atoms with Crippen molar-refractivity contribution in [2.24, 2.45) is 0 Å². The molecule has 0 unspecified atom stereocenters. The third kappa shape index (κ3) is 13.1. The molecule has 0 aliphatic carbocycles. The lowest BCUT2D eigenvalue weighted by atomic mass is 10.0. The average Bonchev–Trinajstić information content (AvgIpc) is 2.80. The number of rotatable bonds is 19. The quantitative estimate of drug-likeness (QED) is 0.227. The number of amides is 1. The smallest absolute Gasteiger partial charge is 0.255 e. The highest BCUT2D eigenvalue weighted by molar-refractivity contribution is 5.95. The summed E-state index contributed by atoms with van der Waals surface area (Å²) in [6.07, 6.45) is 24.0. The van der Waals surface area contributed by atoms with E-state index in [4.69, 9.17) is 9.47 Å². The number of benzene rings is 1. The molecule has 0 aliphatic rings. The zero-order valence-corrected chi connectivity index (χ0v) is 20.2. The first kappa shape index (κ1) is 27.1. The summed E-state index contributed by atoms with van der Waals surface area (Å²) in [6, 6.07) is 5.17. The molecule has 0 spiro atoms. The van der Waals surface area contributed by atoms with Crippen LogP contribution in [0.25, 0.3) is 0 Å². The molecule has 0 fully saturated rings. The van der Waals surface area contributed by atoms with Crippen molar-refractivity contribution in [1.82, 2.24) is 5.32 Å². The summed E-state index contributed by atoms with van der Waals surface area (Å²) < 4.78 is 10.4. The Morgan fingerprint density at radius 2 is 1.29 bits per heavy atom. The number of hydrogen-bond donors (Lipinski definition) is 1. The average molecular weight is 432 g/mol. The summed E-state index contributed by atoms with van der Waals surface area (Å²) in [5.41, 5.74) is 0.554. The van der Waals surface area contributed by atoms with E-state index in [0.29, 0.717) is 17.1 Å². The Bertz CT molecular complexity index is 612. The van der Waals surface area contributed by atoms with Crippen LogP contribution in [0.2, 0.25) is 0 Å². The lowest BCUT2D eigenvalue weighted by Gasteiger charge is -2.08. The fourth-order valence-corrected chi connectivity index (χ4v) is 3.74. The van der Waals surface area contributed by atoms with E-state index in [9.17, 15) is 4.79 Å². The summed E-state index contributed by atoms with van der Waals surface area (Å²) in [5.74, 6) is 1.03. The Hall–Kier alpha value is -1.97. The van der Waals surface area contributed by atoms with Gasteiger partial charge in [-0.25, -0.2) is 0 Å². The minimum Gasteiger partial charge on any atom is -0.493 e. The number of nitrogens with one attached hydrogen (secondary N) is 1. The SMILES string of the molecule is CCCCCCCCCCCCCCCCC=CNC(=O)c1ccc(OC)c(OC)c1. The molecule has 0 aliphatic heterocycles. The molecule has 0 saturated carbocycles. The van der Waals surface area contributed by atoms with Gasteiger partial charge in [0, 0.05) is 11.8 Å². The van der Waals surface area contributed by atoms with Gasteiger partial charge in [0.25, 0.3) is 5.91 Å². The van der Waals surface area contributed by atoms with Gasteiger partial charge >= 0.3 is 0 Å². The lowest BCUT2D eigenvalue weighted by Crippen LogP contribution is -2.17. The molecule has 4 heteroatoms. The van der Waals surface area contributed by atoms with Crippen molar-refractivity contribution < 1.29 is 14.3 Å². The van der Waals surface area contributed by atoms with Crippen molar-refractivity contribution in [2.45, 2.75) is 103 Å². The second-order valence-corrected chi connectivity index (χ2v) is 8.33. The van der Waals surface area contributed by atoms with Gasteiger partial charge in [0.1, 0.15) is 0 Å². The minimum absolute atomic E-state index is 0.141. The van der Waals surface area contributed by atoms with Crippen molar-refractivity contribution in [2.75, 3.05) is 14.2 Å². The van der Waals surface area contributed by atoms with Crippen LogP contribution in [0.15, 0.2) is 30.5 Å². The molecule has 1 aromatic rings. The van der Waals surface area contributed by atoms with Crippen LogP contribution in [0, 0.1) is 0 Å². The Balaban J connectivity index is 1.97. The third-order valence-electron chi connectivity index (χ3n) is 5.70. The minimum atomic E-state index is -0.141. The van der Waals surface area contributed by atoms with Gasteiger partial charge in [-0.3, -0.25) is 4.79 Å². The summed E-state index contributed by atoms with van der Waals surface area (Å²) in [5, 5.41) is 2.82. The van der Waals surface area contributed by atoms with Crippen LogP contribution in [0.5, 0.6) is 11.5 Å². The van der Waals surface area contributed by atoms with Crippen molar-refractivity contribution in [3.63, 3.8) is 0 Å². The molecule has 0 radical (unpaired) electrons. The van der Waals surface area contributed by atoms with E-state index < -0.39 is 0 Å². The topological polar surface area (TPSA) is 47.6 Å². The van der Waals surface area contributed by atoms with Gasteiger partial charge in [0.2, 0.25) is 0 Å². The summed E-state index contributed by atoms with van der Waals surface area (Å²) in [7, 11) is 3.15. The lowest BCUT2D eigenvalue weighted by molar-refractivity contribution is 0.0969. The molecule has 1 amide bonds. The first-order valence-corrected chi connectivity index (χ1v) is 12.4. The zero-order valence-electron chi connectivity index (χ0n) is 20.2. The molecule has 0 atom stereocenters. The van der Waals surface area contributed by atoms with E-state index in [1.165, 1.54) is 89.9 Å². The molecule has 0 heterocycles. The van der Waals surface area contributed by atoms with Gasteiger partial charge in [-0.05, 0) is 31.0 Å². The monoisotopic (exact) mass is 431 g/mol. The molecular formula is C27H45NO3. The van der Waals surface area contributed by atoms with Crippen LogP contribution in [-0.2, 0) is 0 Å². The second kappa shape index (κ2) is 18.8. The van der Waals surface area contributed by atoms with E-state index in [1.807, 2.05) is 6.08 Å². The molecule has 4 nitrogen and oxygen atoms in total. The van der Waals surface area contributed by atoms with Crippen LogP contribution in [0.3, 0.4) is 0 Å². The predicted octanol–water partition coefficient (Wildman–Crippen LogP) is 7.82. The van der Waals surface area contributed by atoms with E-state index >= 15 is 0 Å². The van der Waals surface area contributed by atoms with Gasteiger partial charge in [0.15, 0.2) is 11.5 Å². The molecular weight excluding hydrogens is 386 g/mol. The van der Waals surface area contributed by atoms with Crippen LogP contribution in [0.4, 0.5) is 0 Å². The van der Waals surface area contributed by atoms with Crippen LogP contribution < -0.4 is 14.8 Å². The van der Waals surface area contributed by atoms with Crippen molar-refractivity contribution in [3.8, 4) is 11.5 Å². The number of carbonyl (C=O) groups is 1. The number of ether oxygens (including phenoxy) is 2. The van der Waals surface area contributed by atoms with E-state index in [0.717, 1.165) is 6.42 Å². The number of unbranched alkanes of at least 4 members (excludes halogenated alkanes) is 14. The van der Waals surface area contributed by atoms with Crippen LogP contribution in [-0.4, -0.2) is 20.1 Å². The molecule has 1 rings (SSSR count). The predicted molar refractivity (Wildman–Crippen MR) is 131 cm³/mol. The molecule has 31 heavy (non-hydrogen) atoms. The first-order chi connectivity index (χ1) is 15.2. The highest BCUT2D eigenvalue weighted by Gasteiger charge is 2.09. The van der Waals surface area contributed by atoms with E-state index in [2.05, 4.69) is 12.2 Å². The molecule has 0 aromatic heterocycles. The van der Waals surface area contributed by atoms with Gasteiger partial charge in [-0.1, -0.05) is 96.5 Å². The zero-order chi connectivity index (χ0) is 22.6. The normalized spacial score (nSPS) is 11.1. The van der Waals surface area contributed by atoms with Crippen molar-refractivity contribution in [3.05, 3.63) is 36.0 Å². The molecule has 1 aromatic carbocycles. The van der Waals surface area contributed by atoms with Crippen LogP contribution in [0.1, 0.15) is 114 Å². The maximum Gasteiger partial charge on any atom is 0.255 e. The number of carbonyl (C=O) groups excluding carboxylic acids is 1. The molecule has 1 N–H and O–H groups in total. The molecule has 0 saturated heterocycles. The third-order valence-corrected chi connectivity index (χ3v) is 5.70. The fourth-order valence-electron chi connectivity index (χ4n) is 3.74. The maximum atomic E-state index is 12.2. The van der Waals surface area contributed by atoms with E-state index in [-0.39, 0.29) is 5.91 Å². The largest absolute Gasteiger partial charge is 0.493 e. The Morgan fingerprint density at radius 1 is 0.774 bits per heavy atom. The molecule has 0 bridgehead atoms. The number of hydrogen-bond acceptors (Lipinski definition) is 3. The van der Waals surface area contributed by atoms with Crippen LogP contribution >= 0.6 is 0 Å². The first-order valence-electron chi connectivity index (χ1n) is 12.4. The van der Waals surface area contributed by atoms with Gasteiger partial charge in [-0.15, -0.1) is 0 Å². The number of methoxy groups -OCH3 is 2. The fraction of sp³-hybridized carbons (Fsp3) is 0.667. The molecule has 176 valence electrons. The van der Waals surface area contributed by atoms with Gasteiger partial charge in [0.05, 0.1) is 14.2 Å². The standard InChI is InChI=1S/C27H45NO3/c1-4-5-6-7-8-9-10-11-12-13-14-15-16-17-18-19-22-28-27(29)24-20-21-25(30-2)26(23-24)31-3/h19-23H,4-18H2,1-3H3,(H,28,29). The van der Waals surface area contributed by atoms with Crippen molar-refractivity contribution in [1.29, 1.82) is 0 Å². The highest BCUT2D eigenvalue weighted by Crippen LogP contribution is 2.27. The van der Waals surface area contributed by atoms with Crippen molar-refractivity contribution >= 4 is 5.91 Å². The maximum absolute atomic E-state index is 12.2. The highest BCUT2D eigenvalue weighted by atomic mass is 16.5. The second-order valence-electron chi connectivity index (χ2n) is 8.33. The van der Waals surface area contributed by atoms with Gasteiger partial charge in [-0.2, -0.15) is 0 Å². The Kier molecular flexibility index (Phi) is 16.4. The Morgan fingerprint density at radius 3 is 1.81 bits per heavy atom. The number of allylic oxidation sites excluding steroid dienone is 1. The Labute approximate surface area is 190 Å². The van der Waals surface area contributed by atoms with E-state index in [1.54, 1.807) is 38.6 Å². The summed E-state index contributed by atoms with van der Waals surface area (Å²) in [4.78, 5) is 12.2. The summed E-state index contributed by atoms with van der Waals surface area (Å²) in [6.45, 7) is 2.28.